The minimum Gasteiger partial charge on any atom is -0.458 e. The fourth-order valence-electron chi connectivity index (χ4n) is 6.37. The molecule has 1 aliphatic heterocycles. The average molecular weight is 485 g/mol. The van der Waals surface area contributed by atoms with Crippen molar-refractivity contribution in [3.05, 3.63) is 59.2 Å². The van der Waals surface area contributed by atoms with Gasteiger partial charge in [0.15, 0.2) is 11.6 Å². The van der Waals surface area contributed by atoms with Crippen molar-refractivity contribution >= 4 is 23.4 Å². The zero-order chi connectivity index (χ0) is 23.8. The van der Waals surface area contributed by atoms with Gasteiger partial charge in [0, 0.05) is 29.2 Å². The van der Waals surface area contributed by atoms with Crippen LogP contribution in [0.3, 0.4) is 0 Å². The third-order valence-corrected chi connectivity index (χ3v) is 8.50. The second-order valence-corrected chi connectivity index (χ2v) is 11.0. The fraction of sp³-hybridized carbons (Fsp3) is 0.571. The maximum atomic E-state index is 13.3. The van der Waals surface area contributed by atoms with Crippen LogP contribution in [0.2, 0.25) is 0 Å². The Bertz CT molecular complexity index is 970. The van der Waals surface area contributed by atoms with Gasteiger partial charge in [-0.3, -0.25) is 4.79 Å². The Morgan fingerprint density at radius 3 is 2.53 bits per heavy atom. The Kier molecular flexibility index (Phi) is 6.71. The van der Waals surface area contributed by atoms with Gasteiger partial charge in [-0.1, -0.05) is 48.4 Å². The lowest BCUT2D eigenvalue weighted by atomic mass is 9.63. The van der Waals surface area contributed by atoms with E-state index >= 15 is 0 Å². The molecule has 5 rings (SSSR count). The molecule has 3 saturated carbocycles. The van der Waals surface area contributed by atoms with Crippen LogP contribution >= 0.6 is 11.6 Å². The highest BCUT2D eigenvalue weighted by Crippen LogP contribution is 2.55. The van der Waals surface area contributed by atoms with E-state index in [0.717, 1.165) is 43.6 Å². The summed E-state index contributed by atoms with van der Waals surface area (Å²) in [5, 5.41) is 0.724. The molecule has 1 spiro atoms. The second kappa shape index (κ2) is 9.60. The topological polar surface area (TPSA) is 61.8 Å². The van der Waals surface area contributed by atoms with Gasteiger partial charge < -0.3 is 14.2 Å². The predicted octanol–water partition coefficient (Wildman–Crippen LogP) is 5.83. The number of carbonyl (C=O) groups is 2. The third-order valence-electron chi connectivity index (χ3n) is 8.34. The number of ketones is 1. The second-order valence-electron chi connectivity index (χ2n) is 10.4. The Hall–Kier alpha value is -1.95. The van der Waals surface area contributed by atoms with Crippen molar-refractivity contribution in [1.82, 2.24) is 0 Å². The lowest BCUT2D eigenvalue weighted by Gasteiger charge is -2.39. The largest absolute Gasteiger partial charge is 0.458 e. The molecular weight excluding hydrogens is 452 g/mol. The number of allylic oxidation sites excluding steroid dienone is 3. The summed E-state index contributed by atoms with van der Waals surface area (Å²) < 4.78 is 18.0. The summed E-state index contributed by atoms with van der Waals surface area (Å²) in [5.74, 6) is -0.0788. The molecule has 1 heterocycles. The van der Waals surface area contributed by atoms with Crippen molar-refractivity contribution < 1.29 is 23.8 Å². The van der Waals surface area contributed by atoms with E-state index in [2.05, 4.69) is 0 Å². The van der Waals surface area contributed by atoms with E-state index in [0.29, 0.717) is 31.1 Å². The Morgan fingerprint density at radius 2 is 1.88 bits per heavy atom. The number of rotatable bonds is 7. The zero-order valence-electron chi connectivity index (χ0n) is 19.7. The summed E-state index contributed by atoms with van der Waals surface area (Å²) in [6, 6.07) is 9.10. The van der Waals surface area contributed by atoms with Gasteiger partial charge in [0.1, 0.15) is 6.10 Å². The maximum absolute atomic E-state index is 13.3. The van der Waals surface area contributed by atoms with Crippen LogP contribution in [-0.2, 0) is 19.0 Å². The first kappa shape index (κ1) is 23.8. The summed E-state index contributed by atoms with van der Waals surface area (Å²) in [7, 11) is 0. The normalized spacial score (nSPS) is 31.5. The predicted molar refractivity (Wildman–Crippen MR) is 129 cm³/mol. The van der Waals surface area contributed by atoms with E-state index in [9.17, 15) is 9.59 Å². The van der Waals surface area contributed by atoms with Crippen molar-refractivity contribution in [2.45, 2.75) is 63.8 Å². The van der Waals surface area contributed by atoms with Gasteiger partial charge in [-0.05, 0) is 62.7 Å². The molecule has 1 saturated heterocycles. The van der Waals surface area contributed by atoms with E-state index in [1.54, 1.807) is 18.2 Å². The molecule has 0 aromatic heterocycles. The Labute approximate surface area is 206 Å². The third kappa shape index (κ3) is 4.62. The smallest absolute Gasteiger partial charge is 0.338 e. The summed E-state index contributed by atoms with van der Waals surface area (Å²) in [4.78, 5) is 26.1. The van der Waals surface area contributed by atoms with Gasteiger partial charge in [-0.25, -0.2) is 4.79 Å². The molecular formula is C28H33ClO5. The van der Waals surface area contributed by atoms with Gasteiger partial charge in [-0.2, -0.15) is 0 Å². The fourth-order valence-corrected chi connectivity index (χ4v) is 6.45. The molecule has 0 N–H and O–H groups in total. The number of fused-ring (bicyclic) bond motifs is 1. The standard InChI is InChI=1S/C28H33ClO5/c1-19(29)10-13-27(11-5-12-27)25(30)9-8-22-23-18-28(32-14-15-33-28)17-21(23)16-24(22)34-26(31)20-6-3-2-4-7-20/h2-4,6-10,21-24H,5,11-18H2,1H3/b9-8+,19-10-/t21-,22-,23+,24-/m1/s1. The number of halogens is 1. The molecule has 182 valence electrons. The summed E-state index contributed by atoms with van der Waals surface area (Å²) in [5.41, 5.74) is 0.212. The SMILES string of the molecule is C/C(Cl)=C/CC1(C(=O)/C=C/[C@@H]2[C@H]3CC4(C[C@H]3C[C@H]2OC(=O)c2ccccc2)OCCO4)CCC1. The van der Waals surface area contributed by atoms with Crippen molar-refractivity contribution in [2.24, 2.45) is 23.2 Å². The zero-order valence-corrected chi connectivity index (χ0v) is 20.5. The van der Waals surface area contributed by atoms with Gasteiger partial charge in [0.25, 0.3) is 0 Å². The number of carbonyl (C=O) groups excluding carboxylic acids is 2. The highest BCUT2D eigenvalue weighted by atomic mass is 35.5. The van der Waals surface area contributed by atoms with Crippen LogP contribution in [-0.4, -0.2) is 36.9 Å². The number of ether oxygens (including phenoxy) is 3. The molecule has 1 aromatic carbocycles. The minimum atomic E-state index is -0.502. The molecule has 4 atom stereocenters. The molecule has 4 fully saturated rings. The number of hydrogen-bond acceptors (Lipinski definition) is 5. The molecule has 6 heteroatoms. The number of hydrogen-bond donors (Lipinski definition) is 0. The van der Waals surface area contributed by atoms with Gasteiger partial charge in [-0.15, -0.1) is 0 Å². The van der Waals surface area contributed by atoms with Crippen LogP contribution in [0.25, 0.3) is 0 Å². The van der Waals surface area contributed by atoms with Crippen molar-refractivity contribution in [1.29, 1.82) is 0 Å². The first-order valence-corrected chi connectivity index (χ1v) is 12.9. The van der Waals surface area contributed by atoms with E-state index < -0.39 is 5.79 Å². The lowest BCUT2D eigenvalue weighted by molar-refractivity contribution is -0.157. The summed E-state index contributed by atoms with van der Waals surface area (Å²) in [6.45, 7) is 3.10. The molecule has 4 aliphatic rings. The van der Waals surface area contributed by atoms with Crippen LogP contribution in [0.5, 0.6) is 0 Å². The van der Waals surface area contributed by atoms with Gasteiger partial charge >= 0.3 is 5.97 Å². The quantitative estimate of drug-likeness (QED) is 0.360. The average Bonchev–Trinajstić information content (AvgIpc) is 3.47. The van der Waals surface area contributed by atoms with E-state index in [1.165, 1.54) is 0 Å². The minimum absolute atomic E-state index is 0.0313. The van der Waals surface area contributed by atoms with Crippen molar-refractivity contribution in [3.8, 4) is 0 Å². The molecule has 0 bridgehead atoms. The first-order valence-electron chi connectivity index (χ1n) is 12.5. The van der Waals surface area contributed by atoms with Crippen LogP contribution < -0.4 is 0 Å². The summed E-state index contributed by atoms with van der Waals surface area (Å²) in [6.07, 6.45) is 11.4. The molecule has 3 aliphatic carbocycles. The van der Waals surface area contributed by atoms with Crippen LogP contribution in [0.15, 0.2) is 53.6 Å². The highest BCUT2D eigenvalue weighted by molar-refractivity contribution is 6.29. The maximum Gasteiger partial charge on any atom is 0.338 e. The van der Waals surface area contributed by atoms with Crippen LogP contribution in [0.4, 0.5) is 0 Å². The van der Waals surface area contributed by atoms with Crippen LogP contribution in [0, 0.1) is 23.2 Å². The van der Waals surface area contributed by atoms with Gasteiger partial charge in [0.2, 0.25) is 0 Å². The molecule has 1 aromatic rings. The van der Waals surface area contributed by atoms with E-state index in [-0.39, 0.29) is 35.1 Å². The van der Waals surface area contributed by atoms with E-state index in [4.69, 9.17) is 25.8 Å². The first-order chi connectivity index (χ1) is 16.4. The Morgan fingerprint density at radius 1 is 1.15 bits per heavy atom. The monoisotopic (exact) mass is 484 g/mol. The van der Waals surface area contributed by atoms with Crippen LogP contribution in [0.1, 0.15) is 62.2 Å². The van der Waals surface area contributed by atoms with E-state index in [1.807, 2.05) is 37.3 Å². The number of benzene rings is 1. The van der Waals surface area contributed by atoms with Gasteiger partial charge in [0.05, 0.1) is 18.8 Å². The Balaban J connectivity index is 1.34. The molecule has 0 unspecified atom stereocenters. The molecule has 0 radical (unpaired) electrons. The lowest BCUT2D eigenvalue weighted by Crippen LogP contribution is -2.37. The number of esters is 1. The molecule has 0 amide bonds. The molecule has 34 heavy (non-hydrogen) atoms. The van der Waals surface area contributed by atoms with Crippen molar-refractivity contribution in [2.75, 3.05) is 13.2 Å². The van der Waals surface area contributed by atoms with Crippen molar-refractivity contribution in [3.63, 3.8) is 0 Å². The highest BCUT2D eigenvalue weighted by Gasteiger charge is 2.57. The summed E-state index contributed by atoms with van der Waals surface area (Å²) >= 11 is 6.05. The molecule has 5 nitrogen and oxygen atoms in total.